The normalized spacial score (nSPS) is 20.8. The summed E-state index contributed by atoms with van der Waals surface area (Å²) in [5.74, 6) is 1.38. The van der Waals surface area contributed by atoms with Crippen molar-refractivity contribution in [3.8, 4) is 5.69 Å². The van der Waals surface area contributed by atoms with Gasteiger partial charge in [0.1, 0.15) is 11.6 Å². The summed E-state index contributed by atoms with van der Waals surface area (Å²) < 4.78 is 7.20. The zero-order valence-corrected chi connectivity index (χ0v) is 17.0. The Labute approximate surface area is 174 Å². The molecule has 1 aromatic carbocycles. The Balaban J connectivity index is 1.31. The number of amides is 2. The quantitative estimate of drug-likeness (QED) is 0.666. The zero-order chi connectivity index (χ0) is 20.8. The van der Waals surface area contributed by atoms with Crippen LogP contribution >= 0.6 is 0 Å². The van der Waals surface area contributed by atoms with Gasteiger partial charge in [0.05, 0.1) is 12.1 Å². The molecule has 2 amide bonds. The molecule has 2 saturated heterocycles. The minimum absolute atomic E-state index is 0.0456. The van der Waals surface area contributed by atoms with Gasteiger partial charge in [0.25, 0.3) is 5.91 Å². The molecule has 3 aromatic rings. The summed E-state index contributed by atoms with van der Waals surface area (Å²) in [7, 11) is 0. The maximum Gasteiger partial charge on any atom is 0.276 e. The monoisotopic (exact) mass is 405 g/mol. The molecule has 2 aliphatic rings. The number of aryl methyl sites for hydroxylation is 2. The smallest absolute Gasteiger partial charge is 0.276 e. The fourth-order valence-corrected chi connectivity index (χ4v) is 4.64. The highest BCUT2D eigenvalue weighted by molar-refractivity contribution is 5.94. The highest BCUT2D eigenvalue weighted by Gasteiger charge is 2.48. The molecule has 0 unspecified atom stereocenters. The second kappa shape index (κ2) is 7.12. The van der Waals surface area contributed by atoms with E-state index in [2.05, 4.69) is 9.97 Å². The standard InChI is InChI=1S/C22H23N5O3/c1-14-21(24-13-30-14)22(29)26-9-7-18-19(26)11-20(28)27(18)12-16-3-5-17(6-4-16)25-10-8-23-15(25)2/h3-6,8,10,13,18-19H,7,9,11-12H2,1-2H3/t18-,19-/m0/s1. The molecular formula is C22H23N5O3. The van der Waals surface area contributed by atoms with E-state index >= 15 is 0 Å². The van der Waals surface area contributed by atoms with Crippen molar-refractivity contribution in [3.05, 3.63) is 65.9 Å². The molecule has 154 valence electrons. The van der Waals surface area contributed by atoms with Gasteiger partial charge in [-0.15, -0.1) is 0 Å². The lowest BCUT2D eigenvalue weighted by atomic mass is 10.1. The predicted molar refractivity (Wildman–Crippen MR) is 108 cm³/mol. The number of nitrogens with zero attached hydrogens (tertiary/aromatic N) is 5. The van der Waals surface area contributed by atoms with Crippen molar-refractivity contribution in [1.29, 1.82) is 0 Å². The maximum absolute atomic E-state index is 12.9. The number of hydrogen-bond donors (Lipinski definition) is 0. The lowest BCUT2D eigenvalue weighted by Crippen LogP contribution is -2.40. The first-order valence-corrected chi connectivity index (χ1v) is 10.1. The molecule has 0 radical (unpaired) electrons. The first kappa shape index (κ1) is 18.6. The molecule has 0 aliphatic carbocycles. The molecule has 2 atom stereocenters. The molecule has 2 fully saturated rings. The van der Waals surface area contributed by atoms with Gasteiger partial charge in [-0.1, -0.05) is 12.1 Å². The van der Waals surface area contributed by atoms with Crippen LogP contribution in [-0.4, -0.2) is 54.8 Å². The predicted octanol–water partition coefficient (Wildman–Crippen LogP) is 2.49. The summed E-state index contributed by atoms with van der Waals surface area (Å²) in [6.45, 7) is 4.87. The number of carbonyl (C=O) groups excluding carboxylic acids is 2. The fraction of sp³-hybridized carbons (Fsp3) is 0.364. The van der Waals surface area contributed by atoms with E-state index in [4.69, 9.17) is 4.42 Å². The van der Waals surface area contributed by atoms with Crippen molar-refractivity contribution in [2.75, 3.05) is 6.54 Å². The average Bonchev–Trinajstić information content (AvgIpc) is 3.50. The van der Waals surface area contributed by atoms with E-state index in [1.165, 1.54) is 6.39 Å². The molecular weight excluding hydrogens is 382 g/mol. The van der Waals surface area contributed by atoms with Crippen LogP contribution in [0, 0.1) is 13.8 Å². The van der Waals surface area contributed by atoms with Gasteiger partial charge in [0.15, 0.2) is 12.1 Å². The highest BCUT2D eigenvalue weighted by atomic mass is 16.3. The van der Waals surface area contributed by atoms with Crippen LogP contribution in [0.25, 0.3) is 5.69 Å². The lowest BCUT2D eigenvalue weighted by molar-refractivity contribution is -0.129. The Kier molecular flexibility index (Phi) is 4.42. The minimum Gasteiger partial charge on any atom is -0.448 e. The van der Waals surface area contributed by atoms with Crippen LogP contribution in [-0.2, 0) is 11.3 Å². The number of oxazole rings is 1. The third-order valence-electron chi connectivity index (χ3n) is 6.22. The van der Waals surface area contributed by atoms with Gasteiger partial charge in [-0.25, -0.2) is 9.97 Å². The maximum atomic E-state index is 12.9. The van der Waals surface area contributed by atoms with Crippen LogP contribution in [0.4, 0.5) is 0 Å². The van der Waals surface area contributed by atoms with Gasteiger partial charge in [-0.2, -0.15) is 0 Å². The number of likely N-dealkylation sites (tertiary alicyclic amines) is 2. The third kappa shape index (κ3) is 2.99. The Hall–Kier alpha value is -3.42. The summed E-state index contributed by atoms with van der Waals surface area (Å²) in [4.78, 5) is 37.7. The molecule has 0 spiro atoms. The van der Waals surface area contributed by atoms with Gasteiger partial charge in [-0.3, -0.25) is 9.59 Å². The number of hydrogen-bond acceptors (Lipinski definition) is 5. The van der Waals surface area contributed by atoms with Crippen LogP contribution < -0.4 is 0 Å². The van der Waals surface area contributed by atoms with E-state index in [1.54, 1.807) is 18.0 Å². The van der Waals surface area contributed by atoms with Crippen molar-refractivity contribution in [1.82, 2.24) is 24.3 Å². The van der Waals surface area contributed by atoms with E-state index in [0.29, 0.717) is 31.0 Å². The minimum atomic E-state index is -0.150. The van der Waals surface area contributed by atoms with Crippen molar-refractivity contribution < 1.29 is 14.0 Å². The molecule has 5 rings (SSSR count). The van der Waals surface area contributed by atoms with Crippen LogP contribution in [0.15, 0.2) is 47.5 Å². The van der Waals surface area contributed by atoms with E-state index < -0.39 is 0 Å². The van der Waals surface area contributed by atoms with Crippen LogP contribution in [0.5, 0.6) is 0 Å². The number of imidazole rings is 1. The topological polar surface area (TPSA) is 84.5 Å². The summed E-state index contributed by atoms with van der Waals surface area (Å²) in [5.41, 5.74) is 2.45. The van der Waals surface area contributed by atoms with Crippen LogP contribution in [0.2, 0.25) is 0 Å². The largest absolute Gasteiger partial charge is 0.448 e. The molecule has 2 aliphatic heterocycles. The van der Waals surface area contributed by atoms with Gasteiger partial charge in [0, 0.05) is 37.6 Å². The number of rotatable bonds is 4. The van der Waals surface area contributed by atoms with E-state index in [-0.39, 0.29) is 23.9 Å². The first-order chi connectivity index (χ1) is 14.5. The summed E-state index contributed by atoms with van der Waals surface area (Å²) in [6.07, 6.45) is 6.14. The van der Waals surface area contributed by atoms with Crippen molar-refractivity contribution in [2.45, 2.75) is 45.3 Å². The van der Waals surface area contributed by atoms with Gasteiger partial charge in [-0.05, 0) is 38.0 Å². The Bertz CT molecular complexity index is 1100. The second-order valence-electron chi connectivity index (χ2n) is 7.92. The highest BCUT2D eigenvalue weighted by Crippen LogP contribution is 2.34. The van der Waals surface area contributed by atoms with E-state index in [0.717, 1.165) is 23.5 Å². The lowest BCUT2D eigenvalue weighted by Gasteiger charge is -2.25. The molecule has 0 saturated carbocycles. The molecule has 2 aromatic heterocycles. The van der Waals surface area contributed by atoms with Crippen molar-refractivity contribution >= 4 is 11.8 Å². The van der Waals surface area contributed by atoms with Crippen LogP contribution in [0.3, 0.4) is 0 Å². The third-order valence-corrected chi connectivity index (χ3v) is 6.22. The number of aromatic nitrogens is 3. The van der Waals surface area contributed by atoms with Gasteiger partial charge >= 0.3 is 0 Å². The zero-order valence-electron chi connectivity index (χ0n) is 17.0. The molecule has 8 nitrogen and oxygen atoms in total. The Morgan fingerprint density at radius 2 is 1.97 bits per heavy atom. The number of benzene rings is 1. The SMILES string of the molecule is Cc1ocnc1C(=O)N1CC[C@H]2[C@@H]1CC(=O)N2Cc1ccc(-n2ccnc2C)cc1. The molecule has 0 N–H and O–H groups in total. The summed E-state index contributed by atoms with van der Waals surface area (Å²) in [5, 5.41) is 0. The summed E-state index contributed by atoms with van der Waals surface area (Å²) >= 11 is 0. The number of fused-ring (bicyclic) bond motifs is 1. The molecule has 8 heteroatoms. The second-order valence-corrected chi connectivity index (χ2v) is 7.92. The van der Waals surface area contributed by atoms with E-state index in [9.17, 15) is 9.59 Å². The molecule has 30 heavy (non-hydrogen) atoms. The Morgan fingerprint density at radius 3 is 2.63 bits per heavy atom. The molecule has 4 heterocycles. The first-order valence-electron chi connectivity index (χ1n) is 10.1. The number of carbonyl (C=O) groups is 2. The van der Waals surface area contributed by atoms with Gasteiger partial charge < -0.3 is 18.8 Å². The fourth-order valence-electron chi connectivity index (χ4n) is 4.64. The average molecular weight is 405 g/mol. The Morgan fingerprint density at radius 1 is 1.17 bits per heavy atom. The molecule has 0 bridgehead atoms. The summed E-state index contributed by atoms with van der Waals surface area (Å²) in [6, 6.07) is 8.12. The van der Waals surface area contributed by atoms with Crippen LogP contribution in [0.1, 0.15) is 40.5 Å². The van der Waals surface area contributed by atoms with E-state index in [1.807, 2.05) is 46.9 Å². The van der Waals surface area contributed by atoms with Crippen molar-refractivity contribution in [3.63, 3.8) is 0 Å². The van der Waals surface area contributed by atoms with Gasteiger partial charge in [0.2, 0.25) is 5.91 Å². The van der Waals surface area contributed by atoms with Crippen molar-refractivity contribution in [2.24, 2.45) is 0 Å².